The topological polar surface area (TPSA) is 87.0 Å². The van der Waals surface area contributed by atoms with E-state index in [1.54, 1.807) is 18.5 Å². The lowest BCUT2D eigenvalue weighted by Gasteiger charge is -2.34. The third kappa shape index (κ3) is 3.36. The highest BCUT2D eigenvalue weighted by Crippen LogP contribution is 2.30. The second kappa shape index (κ2) is 7.10. The molecule has 0 aromatic carbocycles. The average molecular weight is 414 g/mol. The van der Waals surface area contributed by atoms with Gasteiger partial charge in [0.05, 0.1) is 24.0 Å². The second-order valence-electron chi connectivity index (χ2n) is 7.01. The number of nitrogens with one attached hydrogen (secondary N) is 2. The number of aromatic amines is 1. The van der Waals surface area contributed by atoms with Gasteiger partial charge in [-0.05, 0) is 18.2 Å². The summed E-state index contributed by atoms with van der Waals surface area (Å²) < 4.78 is 40.8. The summed E-state index contributed by atoms with van der Waals surface area (Å²) >= 11 is 0. The molecule has 4 aromatic rings. The number of aromatic nitrogens is 6. The van der Waals surface area contributed by atoms with Crippen molar-refractivity contribution in [2.75, 3.05) is 24.5 Å². The zero-order chi connectivity index (χ0) is 20.7. The second-order valence-corrected chi connectivity index (χ2v) is 7.01. The van der Waals surface area contributed by atoms with E-state index >= 15 is 0 Å². The van der Waals surface area contributed by atoms with Gasteiger partial charge in [-0.25, -0.2) is 15.0 Å². The molecule has 1 aliphatic rings. The zero-order valence-electron chi connectivity index (χ0n) is 15.6. The van der Waals surface area contributed by atoms with Gasteiger partial charge in [0.1, 0.15) is 17.2 Å². The van der Waals surface area contributed by atoms with Crippen LogP contribution in [0.15, 0.2) is 49.2 Å². The lowest BCUT2D eigenvalue weighted by atomic mass is 10.1. The van der Waals surface area contributed by atoms with Crippen LogP contribution in [-0.2, 0) is 6.18 Å². The molecule has 0 bridgehead atoms. The van der Waals surface area contributed by atoms with E-state index in [-0.39, 0.29) is 6.04 Å². The van der Waals surface area contributed by atoms with E-state index in [9.17, 15) is 13.2 Å². The normalized spacial score (nSPS) is 17.6. The molecule has 1 atom stereocenters. The van der Waals surface area contributed by atoms with Crippen LogP contribution in [0, 0.1) is 0 Å². The summed E-state index contributed by atoms with van der Waals surface area (Å²) in [5, 5.41) is 10.3. The fraction of sp³-hybridized carbons (Fsp3) is 0.263. The molecule has 0 aliphatic carbocycles. The van der Waals surface area contributed by atoms with Crippen molar-refractivity contribution in [1.29, 1.82) is 0 Å². The lowest BCUT2D eigenvalue weighted by molar-refractivity contribution is -0.137. The molecule has 8 nitrogen and oxygen atoms in total. The van der Waals surface area contributed by atoms with Gasteiger partial charge in [0.25, 0.3) is 0 Å². The number of rotatable bonds is 3. The van der Waals surface area contributed by atoms with Gasteiger partial charge in [0.2, 0.25) is 0 Å². The Labute approximate surface area is 168 Å². The first-order chi connectivity index (χ1) is 14.5. The van der Waals surface area contributed by atoms with Gasteiger partial charge in [-0.1, -0.05) is 0 Å². The van der Waals surface area contributed by atoms with Crippen molar-refractivity contribution in [2.45, 2.75) is 12.2 Å². The molecule has 1 unspecified atom stereocenters. The van der Waals surface area contributed by atoms with Crippen molar-refractivity contribution < 1.29 is 13.2 Å². The number of halogens is 3. The molecular formula is C19H17F3N8. The minimum atomic E-state index is -4.44. The summed E-state index contributed by atoms with van der Waals surface area (Å²) in [4.78, 5) is 15.2. The van der Waals surface area contributed by atoms with Gasteiger partial charge < -0.3 is 10.2 Å². The Hall–Kier alpha value is -3.47. The number of anilines is 1. The highest BCUT2D eigenvalue weighted by molar-refractivity contribution is 5.59. The molecule has 0 saturated carbocycles. The molecule has 5 rings (SSSR count). The fourth-order valence-electron chi connectivity index (χ4n) is 3.60. The van der Waals surface area contributed by atoms with Crippen LogP contribution in [0.2, 0.25) is 0 Å². The van der Waals surface area contributed by atoms with Crippen LogP contribution >= 0.6 is 0 Å². The number of H-pyrrole nitrogens is 1. The summed E-state index contributed by atoms with van der Waals surface area (Å²) in [6, 6.07) is 4.24. The molecule has 2 N–H and O–H groups in total. The molecule has 0 spiro atoms. The maximum Gasteiger partial charge on any atom is 0.417 e. The first-order valence-electron chi connectivity index (χ1n) is 9.34. The van der Waals surface area contributed by atoms with Crippen molar-refractivity contribution in [3.63, 3.8) is 0 Å². The van der Waals surface area contributed by atoms with Crippen LogP contribution in [0.1, 0.15) is 17.2 Å². The molecule has 0 radical (unpaired) electrons. The molecule has 1 aliphatic heterocycles. The molecule has 11 heteroatoms. The third-order valence-corrected chi connectivity index (χ3v) is 5.12. The van der Waals surface area contributed by atoms with E-state index in [1.807, 2.05) is 6.20 Å². The van der Waals surface area contributed by atoms with Gasteiger partial charge in [-0.15, -0.1) is 0 Å². The molecule has 30 heavy (non-hydrogen) atoms. The number of nitrogens with zero attached hydrogens (tertiary/aromatic N) is 6. The SMILES string of the molecule is FC(F)(F)c1ccc2ncc(-c3nccc(N4CCNC(c5cn[nH]c5)C4)n3)n2c1. The van der Waals surface area contributed by atoms with Crippen LogP contribution in [0.3, 0.4) is 0 Å². The maximum atomic E-state index is 13.1. The van der Waals surface area contributed by atoms with Crippen molar-refractivity contribution >= 4 is 11.5 Å². The number of piperazine rings is 1. The highest BCUT2D eigenvalue weighted by Gasteiger charge is 2.31. The van der Waals surface area contributed by atoms with Crippen molar-refractivity contribution in [3.05, 3.63) is 60.3 Å². The summed E-state index contributed by atoms with van der Waals surface area (Å²) in [6.45, 7) is 2.19. The van der Waals surface area contributed by atoms with E-state index < -0.39 is 11.7 Å². The molecule has 154 valence electrons. The van der Waals surface area contributed by atoms with E-state index in [1.165, 1.54) is 16.7 Å². The minimum Gasteiger partial charge on any atom is -0.353 e. The maximum absolute atomic E-state index is 13.1. The predicted molar refractivity (Wildman–Crippen MR) is 103 cm³/mol. The van der Waals surface area contributed by atoms with Gasteiger partial charge in [-0.3, -0.25) is 9.50 Å². The monoisotopic (exact) mass is 414 g/mol. The fourth-order valence-corrected chi connectivity index (χ4v) is 3.60. The van der Waals surface area contributed by atoms with Crippen LogP contribution in [0.4, 0.5) is 19.0 Å². The standard InChI is InChI=1S/C19H17F3N8/c20-19(21,22)13-1-2-16-25-9-15(30(16)10-13)18-24-4-3-17(28-18)29-6-5-23-14(11-29)12-7-26-27-8-12/h1-4,7-10,14,23H,5-6,11H2,(H,26,27). The van der Waals surface area contributed by atoms with Crippen LogP contribution in [-0.4, -0.2) is 49.2 Å². The Bertz CT molecular complexity index is 1170. The Morgan fingerprint density at radius 2 is 2.00 bits per heavy atom. The number of hydrogen-bond donors (Lipinski definition) is 2. The highest BCUT2D eigenvalue weighted by atomic mass is 19.4. The largest absolute Gasteiger partial charge is 0.417 e. The summed E-state index contributed by atoms with van der Waals surface area (Å²) in [5.41, 5.74) is 1.10. The Morgan fingerprint density at radius 3 is 2.80 bits per heavy atom. The number of imidazole rings is 1. The third-order valence-electron chi connectivity index (χ3n) is 5.12. The van der Waals surface area contributed by atoms with Crippen LogP contribution < -0.4 is 10.2 Å². The molecule has 1 fully saturated rings. The smallest absolute Gasteiger partial charge is 0.353 e. The van der Waals surface area contributed by atoms with Crippen LogP contribution in [0.25, 0.3) is 17.2 Å². The van der Waals surface area contributed by atoms with E-state index in [2.05, 4.69) is 35.4 Å². The Balaban J connectivity index is 1.48. The summed E-state index contributed by atoms with van der Waals surface area (Å²) in [6.07, 6.45) is 3.31. The number of alkyl halides is 3. The van der Waals surface area contributed by atoms with Crippen molar-refractivity contribution in [3.8, 4) is 11.5 Å². The number of fused-ring (bicyclic) bond motifs is 1. The van der Waals surface area contributed by atoms with E-state index in [4.69, 9.17) is 0 Å². The molecule has 1 saturated heterocycles. The summed E-state index contributed by atoms with van der Waals surface area (Å²) in [7, 11) is 0. The molecule has 0 amide bonds. The first kappa shape index (κ1) is 18.6. The number of hydrogen-bond acceptors (Lipinski definition) is 6. The van der Waals surface area contributed by atoms with Crippen LogP contribution in [0.5, 0.6) is 0 Å². The van der Waals surface area contributed by atoms with Crippen molar-refractivity contribution in [2.24, 2.45) is 0 Å². The van der Waals surface area contributed by atoms with Gasteiger partial charge >= 0.3 is 6.18 Å². The summed E-state index contributed by atoms with van der Waals surface area (Å²) in [5.74, 6) is 1.02. The molecule has 5 heterocycles. The average Bonchev–Trinajstić information content (AvgIpc) is 3.43. The molecular weight excluding hydrogens is 397 g/mol. The Kier molecular flexibility index (Phi) is 4.39. The van der Waals surface area contributed by atoms with Gasteiger partial charge in [0, 0.05) is 43.8 Å². The van der Waals surface area contributed by atoms with E-state index in [0.717, 1.165) is 30.9 Å². The van der Waals surface area contributed by atoms with Gasteiger partial charge in [-0.2, -0.15) is 18.3 Å². The Morgan fingerprint density at radius 1 is 1.10 bits per heavy atom. The minimum absolute atomic E-state index is 0.0982. The number of pyridine rings is 1. The molecule has 4 aromatic heterocycles. The zero-order valence-corrected chi connectivity index (χ0v) is 15.6. The predicted octanol–water partition coefficient (Wildman–Crippen LogP) is 2.68. The van der Waals surface area contributed by atoms with E-state index in [0.29, 0.717) is 29.5 Å². The quantitative estimate of drug-likeness (QED) is 0.536. The lowest BCUT2D eigenvalue weighted by Crippen LogP contribution is -2.46. The van der Waals surface area contributed by atoms with Gasteiger partial charge in [0.15, 0.2) is 5.82 Å². The van der Waals surface area contributed by atoms with Crippen molar-refractivity contribution in [1.82, 2.24) is 34.9 Å². The first-order valence-corrected chi connectivity index (χ1v) is 9.34.